The fourth-order valence-corrected chi connectivity index (χ4v) is 3.87. The zero-order valence-electron chi connectivity index (χ0n) is 10.6. The van der Waals surface area contributed by atoms with Gasteiger partial charge in [0.25, 0.3) is 0 Å². The molecule has 19 heavy (non-hydrogen) atoms. The molecule has 2 unspecified atom stereocenters. The highest BCUT2D eigenvalue weighted by molar-refractivity contribution is 14.1. The van der Waals surface area contributed by atoms with Gasteiger partial charge >= 0.3 is 0 Å². The van der Waals surface area contributed by atoms with E-state index in [0.29, 0.717) is 6.04 Å². The van der Waals surface area contributed by atoms with Gasteiger partial charge in [-0.25, -0.2) is 0 Å². The SMILES string of the molecule is Clc1ccc(NC2CCOC3(CCOC3)C2)c(I)c1. The van der Waals surface area contributed by atoms with Gasteiger partial charge in [0, 0.05) is 40.0 Å². The second kappa shape index (κ2) is 5.76. The molecule has 2 fully saturated rings. The first kappa shape index (κ1) is 13.9. The third kappa shape index (κ3) is 3.17. The van der Waals surface area contributed by atoms with Crippen LogP contribution in [0.4, 0.5) is 5.69 Å². The lowest BCUT2D eigenvalue weighted by Gasteiger charge is -2.37. The van der Waals surface area contributed by atoms with Crippen molar-refractivity contribution >= 4 is 39.9 Å². The van der Waals surface area contributed by atoms with Crippen LogP contribution in [0.15, 0.2) is 18.2 Å². The summed E-state index contributed by atoms with van der Waals surface area (Å²) in [6.45, 7) is 2.37. The number of benzene rings is 1. The largest absolute Gasteiger partial charge is 0.381 e. The molecule has 104 valence electrons. The maximum atomic E-state index is 5.99. The molecule has 0 bridgehead atoms. The van der Waals surface area contributed by atoms with E-state index >= 15 is 0 Å². The predicted molar refractivity (Wildman–Crippen MR) is 84.9 cm³/mol. The van der Waals surface area contributed by atoms with E-state index in [1.165, 1.54) is 0 Å². The van der Waals surface area contributed by atoms with Crippen molar-refractivity contribution in [1.29, 1.82) is 0 Å². The van der Waals surface area contributed by atoms with Crippen molar-refractivity contribution in [3.63, 3.8) is 0 Å². The second-order valence-corrected chi connectivity index (χ2v) is 6.89. The van der Waals surface area contributed by atoms with Crippen molar-refractivity contribution in [3.05, 3.63) is 26.8 Å². The van der Waals surface area contributed by atoms with E-state index in [0.717, 1.165) is 53.4 Å². The summed E-state index contributed by atoms with van der Waals surface area (Å²) in [4.78, 5) is 0. The van der Waals surface area contributed by atoms with Crippen LogP contribution in [-0.2, 0) is 9.47 Å². The van der Waals surface area contributed by atoms with Gasteiger partial charge in [0.15, 0.2) is 0 Å². The standard InChI is InChI=1S/C14H17ClINO2/c15-10-1-2-13(12(16)7-10)17-11-3-5-19-14(8-11)4-6-18-9-14/h1-2,7,11,17H,3-6,8-9H2. The molecule has 5 heteroatoms. The minimum absolute atomic E-state index is 0.0478. The first-order chi connectivity index (χ1) is 9.17. The van der Waals surface area contributed by atoms with Gasteiger partial charge in [-0.1, -0.05) is 11.6 Å². The van der Waals surface area contributed by atoms with Crippen LogP contribution in [-0.4, -0.2) is 31.5 Å². The van der Waals surface area contributed by atoms with E-state index in [1.807, 2.05) is 12.1 Å². The second-order valence-electron chi connectivity index (χ2n) is 5.29. The predicted octanol–water partition coefficient (Wildman–Crippen LogP) is 3.69. The fraction of sp³-hybridized carbons (Fsp3) is 0.571. The van der Waals surface area contributed by atoms with E-state index in [-0.39, 0.29) is 5.60 Å². The molecule has 1 N–H and O–H groups in total. The Hall–Kier alpha value is -0.0400. The monoisotopic (exact) mass is 393 g/mol. The lowest BCUT2D eigenvalue weighted by atomic mass is 9.89. The van der Waals surface area contributed by atoms with Crippen molar-refractivity contribution < 1.29 is 9.47 Å². The molecule has 0 saturated carbocycles. The van der Waals surface area contributed by atoms with Gasteiger partial charge in [0.1, 0.15) is 0 Å². The van der Waals surface area contributed by atoms with E-state index < -0.39 is 0 Å². The summed E-state index contributed by atoms with van der Waals surface area (Å²) < 4.78 is 12.6. The van der Waals surface area contributed by atoms with Crippen LogP contribution in [0.25, 0.3) is 0 Å². The van der Waals surface area contributed by atoms with Crippen LogP contribution in [0.2, 0.25) is 5.02 Å². The first-order valence-electron chi connectivity index (χ1n) is 6.60. The average molecular weight is 394 g/mol. The van der Waals surface area contributed by atoms with Crippen LogP contribution < -0.4 is 5.32 Å². The number of rotatable bonds is 2. The van der Waals surface area contributed by atoms with Crippen LogP contribution in [0, 0.1) is 3.57 Å². The van der Waals surface area contributed by atoms with E-state index in [1.54, 1.807) is 0 Å². The summed E-state index contributed by atoms with van der Waals surface area (Å²) in [6.07, 6.45) is 3.08. The minimum atomic E-state index is -0.0478. The van der Waals surface area contributed by atoms with Crippen LogP contribution in [0.3, 0.4) is 0 Å². The summed E-state index contributed by atoms with van der Waals surface area (Å²) in [5, 5.41) is 4.41. The Morgan fingerprint density at radius 3 is 3.00 bits per heavy atom. The molecule has 2 aliphatic heterocycles. The van der Waals surface area contributed by atoms with Crippen molar-refractivity contribution in [1.82, 2.24) is 0 Å². The quantitative estimate of drug-likeness (QED) is 0.777. The Morgan fingerprint density at radius 1 is 1.37 bits per heavy atom. The van der Waals surface area contributed by atoms with E-state index in [2.05, 4.69) is 34.0 Å². The lowest BCUT2D eigenvalue weighted by Crippen LogP contribution is -2.45. The molecule has 1 spiro atoms. The summed E-state index contributed by atoms with van der Waals surface area (Å²) in [6, 6.07) is 6.42. The van der Waals surface area contributed by atoms with Crippen LogP contribution in [0.1, 0.15) is 19.3 Å². The Kier molecular flexibility index (Phi) is 4.22. The minimum Gasteiger partial charge on any atom is -0.381 e. The number of hydrogen-bond donors (Lipinski definition) is 1. The number of halogens is 2. The maximum absolute atomic E-state index is 5.99. The van der Waals surface area contributed by atoms with Gasteiger partial charge < -0.3 is 14.8 Å². The maximum Gasteiger partial charge on any atom is 0.0956 e. The lowest BCUT2D eigenvalue weighted by molar-refractivity contribution is -0.0828. The molecular weight excluding hydrogens is 377 g/mol. The normalized spacial score (nSPS) is 30.7. The molecule has 3 nitrogen and oxygen atoms in total. The smallest absolute Gasteiger partial charge is 0.0956 e. The molecule has 2 atom stereocenters. The number of anilines is 1. The highest BCUT2D eigenvalue weighted by Gasteiger charge is 2.41. The molecule has 0 amide bonds. The summed E-state index contributed by atoms with van der Waals surface area (Å²) in [5.74, 6) is 0. The fourth-order valence-electron chi connectivity index (χ4n) is 2.84. The molecule has 2 saturated heterocycles. The van der Waals surface area contributed by atoms with Crippen molar-refractivity contribution in [3.8, 4) is 0 Å². The van der Waals surface area contributed by atoms with Gasteiger partial charge in [0.2, 0.25) is 0 Å². The summed E-state index contributed by atoms with van der Waals surface area (Å²) in [5.41, 5.74) is 1.11. The van der Waals surface area contributed by atoms with Crippen molar-refractivity contribution in [2.45, 2.75) is 30.9 Å². The molecular formula is C14H17ClINO2. The molecule has 1 aromatic rings. The molecule has 1 aromatic carbocycles. The van der Waals surface area contributed by atoms with Gasteiger partial charge in [0.05, 0.1) is 12.2 Å². The van der Waals surface area contributed by atoms with Crippen LogP contribution in [0.5, 0.6) is 0 Å². The zero-order valence-corrected chi connectivity index (χ0v) is 13.5. The third-order valence-corrected chi connectivity index (χ3v) is 4.98. The Balaban J connectivity index is 1.69. The molecule has 0 aromatic heterocycles. The third-order valence-electron chi connectivity index (χ3n) is 3.85. The Labute approximate surface area is 132 Å². The van der Waals surface area contributed by atoms with E-state index in [4.69, 9.17) is 21.1 Å². The molecule has 0 aliphatic carbocycles. The molecule has 2 heterocycles. The van der Waals surface area contributed by atoms with Gasteiger partial charge in [-0.2, -0.15) is 0 Å². The average Bonchev–Trinajstić information content (AvgIpc) is 2.81. The summed E-state index contributed by atoms with van der Waals surface area (Å²) in [7, 11) is 0. The van der Waals surface area contributed by atoms with Gasteiger partial charge in [-0.05, 0) is 53.6 Å². The Morgan fingerprint density at radius 2 is 2.26 bits per heavy atom. The summed E-state index contributed by atoms with van der Waals surface area (Å²) >= 11 is 8.31. The van der Waals surface area contributed by atoms with Crippen LogP contribution >= 0.6 is 34.2 Å². The van der Waals surface area contributed by atoms with Crippen molar-refractivity contribution in [2.75, 3.05) is 25.1 Å². The number of ether oxygens (including phenoxy) is 2. The first-order valence-corrected chi connectivity index (χ1v) is 8.06. The topological polar surface area (TPSA) is 30.5 Å². The molecule has 3 rings (SSSR count). The van der Waals surface area contributed by atoms with E-state index in [9.17, 15) is 0 Å². The molecule has 2 aliphatic rings. The van der Waals surface area contributed by atoms with Crippen molar-refractivity contribution in [2.24, 2.45) is 0 Å². The van der Waals surface area contributed by atoms with Gasteiger partial charge in [-0.3, -0.25) is 0 Å². The molecule has 0 radical (unpaired) electrons. The number of nitrogens with one attached hydrogen (secondary N) is 1. The zero-order chi connectivity index (χ0) is 13.3. The number of hydrogen-bond acceptors (Lipinski definition) is 3. The van der Waals surface area contributed by atoms with Gasteiger partial charge in [-0.15, -0.1) is 0 Å². The highest BCUT2D eigenvalue weighted by Crippen LogP contribution is 2.34. The Bertz CT molecular complexity index is 463. The highest BCUT2D eigenvalue weighted by atomic mass is 127.